The zero-order chi connectivity index (χ0) is 18.9. The normalized spacial score (nSPS) is 13.7. The average Bonchev–Trinajstić information content (AvgIpc) is 2.55. The second-order valence-corrected chi connectivity index (χ2v) is 8.56. The van der Waals surface area contributed by atoms with Crippen LogP contribution in [0.2, 0.25) is 0 Å². The molecule has 2 unspecified atom stereocenters. The van der Waals surface area contributed by atoms with Gasteiger partial charge >= 0.3 is 29.6 Å². The second kappa shape index (κ2) is 13.2. The molecule has 144 valence electrons. The van der Waals surface area contributed by atoms with Crippen molar-refractivity contribution in [3.63, 3.8) is 0 Å². The molecular weight excluding hydrogens is 359 g/mol. The summed E-state index contributed by atoms with van der Waals surface area (Å²) in [5.74, 6) is 0.730. The van der Waals surface area contributed by atoms with Gasteiger partial charge in [-0.25, -0.2) is 8.42 Å². The van der Waals surface area contributed by atoms with Crippen LogP contribution in [0.25, 0.3) is 0 Å². The van der Waals surface area contributed by atoms with Crippen molar-refractivity contribution >= 4 is 10.1 Å². The Hall–Kier alpha value is -0.0700. The molecule has 0 aliphatic heterocycles. The van der Waals surface area contributed by atoms with Crippen LogP contribution in [0.15, 0.2) is 18.2 Å². The third-order valence-corrected chi connectivity index (χ3v) is 6.03. The van der Waals surface area contributed by atoms with Crippen molar-refractivity contribution in [1.82, 2.24) is 0 Å². The molecule has 6 heteroatoms. The molecule has 0 spiro atoms. The molecule has 0 amide bonds. The predicted molar refractivity (Wildman–Crippen MR) is 102 cm³/mol. The SMILES string of the molecule is CCCCCc1cccc(OC(C)C(C)S(=O)(=O)[O-])c1CCCCC.[Na+]. The first-order valence-electron chi connectivity index (χ1n) is 9.53. The summed E-state index contributed by atoms with van der Waals surface area (Å²) in [7, 11) is -4.36. The molecule has 0 saturated heterocycles. The van der Waals surface area contributed by atoms with E-state index in [1.807, 2.05) is 12.1 Å². The first kappa shape index (κ1) is 25.9. The van der Waals surface area contributed by atoms with Crippen molar-refractivity contribution < 1.29 is 47.3 Å². The van der Waals surface area contributed by atoms with E-state index in [4.69, 9.17) is 4.74 Å². The maximum absolute atomic E-state index is 11.3. The number of hydrogen-bond acceptors (Lipinski definition) is 4. The van der Waals surface area contributed by atoms with Crippen molar-refractivity contribution in [3.05, 3.63) is 29.3 Å². The maximum atomic E-state index is 11.3. The Bertz CT molecular complexity index is 616. The van der Waals surface area contributed by atoms with Gasteiger partial charge in [-0.15, -0.1) is 0 Å². The van der Waals surface area contributed by atoms with E-state index < -0.39 is 21.5 Å². The number of ether oxygens (including phenoxy) is 1. The molecule has 0 aromatic heterocycles. The van der Waals surface area contributed by atoms with Gasteiger partial charge in [0, 0.05) is 0 Å². The second-order valence-electron chi connectivity index (χ2n) is 6.83. The number of aryl methyl sites for hydroxylation is 1. The third-order valence-electron chi connectivity index (χ3n) is 4.74. The summed E-state index contributed by atoms with van der Waals surface area (Å²) in [5, 5.41) is -1.07. The monoisotopic (exact) mass is 392 g/mol. The Morgan fingerprint density at radius 3 is 2.12 bits per heavy atom. The van der Waals surface area contributed by atoms with E-state index >= 15 is 0 Å². The van der Waals surface area contributed by atoms with Gasteiger partial charge in [0.1, 0.15) is 22.0 Å². The summed E-state index contributed by atoms with van der Waals surface area (Å²) in [6.45, 7) is 7.43. The summed E-state index contributed by atoms with van der Waals surface area (Å²) >= 11 is 0. The average molecular weight is 393 g/mol. The van der Waals surface area contributed by atoms with Crippen LogP contribution in [-0.4, -0.2) is 24.3 Å². The molecule has 0 radical (unpaired) electrons. The Balaban J connectivity index is 0.00000625. The van der Waals surface area contributed by atoms with Gasteiger partial charge in [-0.2, -0.15) is 0 Å². The summed E-state index contributed by atoms with van der Waals surface area (Å²) < 4.78 is 39.7. The van der Waals surface area contributed by atoms with Crippen molar-refractivity contribution in [2.45, 2.75) is 90.4 Å². The van der Waals surface area contributed by atoms with Gasteiger partial charge in [0.25, 0.3) is 0 Å². The van der Waals surface area contributed by atoms with E-state index in [2.05, 4.69) is 19.9 Å². The van der Waals surface area contributed by atoms with E-state index in [0.29, 0.717) is 0 Å². The minimum atomic E-state index is -4.36. The zero-order valence-electron chi connectivity index (χ0n) is 17.1. The van der Waals surface area contributed by atoms with Gasteiger partial charge in [-0.3, -0.25) is 0 Å². The Morgan fingerprint density at radius 1 is 1.00 bits per heavy atom. The van der Waals surface area contributed by atoms with E-state index in [-0.39, 0.29) is 29.6 Å². The fourth-order valence-electron chi connectivity index (χ4n) is 2.89. The predicted octanol–water partition coefficient (Wildman–Crippen LogP) is 1.86. The number of rotatable bonds is 12. The van der Waals surface area contributed by atoms with Crippen molar-refractivity contribution in [2.75, 3.05) is 0 Å². The van der Waals surface area contributed by atoms with E-state index in [0.717, 1.165) is 44.3 Å². The zero-order valence-corrected chi connectivity index (χ0v) is 19.9. The van der Waals surface area contributed by atoms with Crippen molar-refractivity contribution in [3.8, 4) is 5.75 Å². The summed E-state index contributed by atoms with van der Waals surface area (Å²) in [4.78, 5) is 0. The summed E-state index contributed by atoms with van der Waals surface area (Å²) in [5.41, 5.74) is 2.46. The van der Waals surface area contributed by atoms with Gasteiger partial charge in [-0.05, 0) is 56.7 Å². The van der Waals surface area contributed by atoms with Crippen LogP contribution in [-0.2, 0) is 23.0 Å². The van der Waals surface area contributed by atoms with E-state index in [1.54, 1.807) is 6.92 Å². The van der Waals surface area contributed by atoms with Crippen LogP contribution in [0.5, 0.6) is 5.75 Å². The molecule has 0 fully saturated rings. The fourth-order valence-corrected chi connectivity index (χ4v) is 3.41. The van der Waals surface area contributed by atoms with Crippen LogP contribution in [0.3, 0.4) is 0 Å². The molecule has 0 saturated carbocycles. The maximum Gasteiger partial charge on any atom is 1.00 e. The van der Waals surface area contributed by atoms with Crippen LogP contribution < -0.4 is 34.3 Å². The summed E-state index contributed by atoms with van der Waals surface area (Å²) in [6.07, 6.45) is 8.17. The van der Waals surface area contributed by atoms with Crippen molar-refractivity contribution in [2.24, 2.45) is 0 Å². The molecule has 26 heavy (non-hydrogen) atoms. The smallest absolute Gasteiger partial charge is 0.748 e. The van der Waals surface area contributed by atoms with Crippen LogP contribution in [0.1, 0.15) is 77.3 Å². The van der Waals surface area contributed by atoms with Gasteiger partial charge in [-0.1, -0.05) is 51.7 Å². The van der Waals surface area contributed by atoms with E-state index in [9.17, 15) is 13.0 Å². The largest absolute Gasteiger partial charge is 1.00 e. The Labute approximate surface area is 182 Å². The third kappa shape index (κ3) is 8.75. The van der Waals surface area contributed by atoms with E-state index in [1.165, 1.54) is 30.9 Å². The molecular formula is C20H33NaO4S. The molecule has 0 aliphatic rings. The number of hydrogen-bond donors (Lipinski definition) is 0. The van der Waals surface area contributed by atoms with Crippen molar-refractivity contribution in [1.29, 1.82) is 0 Å². The molecule has 2 atom stereocenters. The Kier molecular flexibility index (Phi) is 13.1. The molecule has 4 nitrogen and oxygen atoms in total. The topological polar surface area (TPSA) is 66.4 Å². The van der Waals surface area contributed by atoms with Gasteiger partial charge in [0.15, 0.2) is 0 Å². The molecule has 0 bridgehead atoms. The Morgan fingerprint density at radius 2 is 1.58 bits per heavy atom. The minimum absolute atomic E-state index is 0. The quantitative estimate of drug-likeness (QED) is 0.309. The molecule has 1 aromatic carbocycles. The first-order valence-corrected chi connectivity index (χ1v) is 11.0. The molecule has 0 heterocycles. The van der Waals surface area contributed by atoms with Gasteiger partial charge in [0.05, 0.1) is 5.25 Å². The standard InChI is InChI=1S/C20H34O4S.Na/c1-5-7-9-12-18-13-11-15-20(19(18)14-10-8-6-2)24-16(3)17(4)25(21,22)23;/h11,13,15-17H,5-10,12,14H2,1-4H3,(H,21,22,23);/q;+1/p-1. The summed E-state index contributed by atoms with van der Waals surface area (Å²) in [6, 6.07) is 6.00. The fraction of sp³-hybridized carbons (Fsp3) is 0.700. The van der Waals surface area contributed by atoms with Crippen LogP contribution in [0, 0.1) is 0 Å². The van der Waals surface area contributed by atoms with Crippen LogP contribution in [0.4, 0.5) is 0 Å². The molecule has 0 N–H and O–H groups in total. The van der Waals surface area contributed by atoms with Crippen LogP contribution >= 0.6 is 0 Å². The minimum Gasteiger partial charge on any atom is -0.748 e. The van der Waals surface area contributed by atoms with Gasteiger partial charge < -0.3 is 9.29 Å². The molecule has 1 aromatic rings. The molecule has 0 aliphatic carbocycles. The first-order chi connectivity index (χ1) is 11.8. The number of benzene rings is 1. The molecule has 1 rings (SSSR count). The van der Waals surface area contributed by atoms with Gasteiger partial charge in [0.2, 0.25) is 0 Å². The number of unbranched alkanes of at least 4 members (excludes halogenated alkanes) is 4.